The first-order chi connectivity index (χ1) is 12.6. The van der Waals surface area contributed by atoms with Gasteiger partial charge in [-0.2, -0.15) is 11.3 Å². The molecule has 0 spiro atoms. The van der Waals surface area contributed by atoms with Gasteiger partial charge in [0.05, 0.1) is 0 Å². The number of H-pyrrole nitrogens is 1. The molecule has 136 valence electrons. The fourth-order valence-corrected chi connectivity index (χ4v) is 4.32. The maximum Gasteiger partial charge on any atom is 0.321 e. The van der Waals surface area contributed by atoms with Gasteiger partial charge in [-0.3, -0.25) is 4.90 Å². The lowest BCUT2D eigenvalue weighted by Gasteiger charge is -2.37. The lowest BCUT2D eigenvalue weighted by Crippen LogP contribution is -2.50. The van der Waals surface area contributed by atoms with Crippen molar-refractivity contribution in [1.29, 1.82) is 0 Å². The van der Waals surface area contributed by atoms with Crippen LogP contribution >= 0.6 is 11.3 Å². The Morgan fingerprint density at radius 1 is 1.23 bits per heavy atom. The van der Waals surface area contributed by atoms with Crippen LogP contribution in [0.25, 0.3) is 10.9 Å². The number of aromatic nitrogens is 1. The molecule has 1 unspecified atom stereocenters. The summed E-state index contributed by atoms with van der Waals surface area (Å²) >= 11 is 1.74. The second kappa shape index (κ2) is 7.13. The zero-order valence-corrected chi connectivity index (χ0v) is 16.0. The van der Waals surface area contributed by atoms with Crippen LogP contribution in [-0.2, 0) is 0 Å². The molecular weight excluding hydrogens is 344 g/mol. The molecule has 26 heavy (non-hydrogen) atoms. The summed E-state index contributed by atoms with van der Waals surface area (Å²) in [6.07, 6.45) is 1.99. The summed E-state index contributed by atoms with van der Waals surface area (Å²) in [4.78, 5) is 20.2. The van der Waals surface area contributed by atoms with Crippen molar-refractivity contribution in [1.82, 2.24) is 14.8 Å². The van der Waals surface area contributed by atoms with Crippen LogP contribution in [0, 0.1) is 6.92 Å². The molecule has 3 aromatic rings. The Hall–Kier alpha value is -2.31. The van der Waals surface area contributed by atoms with Crippen molar-refractivity contribution in [3.63, 3.8) is 0 Å². The summed E-state index contributed by atoms with van der Waals surface area (Å²) in [7, 11) is 0. The Kier molecular flexibility index (Phi) is 4.70. The summed E-state index contributed by atoms with van der Waals surface area (Å²) in [5.74, 6) is 0. The van der Waals surface area contributed by atoms with E-state index in [1.165, 1.54) is 11.1 Å². The third-order valence-electron chi connectivity index (χ3n) is 5.31. The smallest absolute Gasteiger partial charge is 0.321 e. The van der Waals surface area contributed by atoms with Gasteiger partial charge in [0.1, 0.15) is 0 Å². The van der Waals surface area contributed by atoms with Crippen LogP contribution in [0.1, 0.15) is 24.1 Å². The highest BCUT2D eigenvalue weighted by atomic mass is 32.1. The summed E-state index contributed by atoms with van der Waals surface area (Å²) in [5, 5.41) is 8.53. The molecule has 0 bridgehead atoms. The van der Waals surface area contributed by atoms with Crippen LogP contribution < -0.4 is 5.32 Å². The zero-order chi connectivity index (χ0) is 18.1. The number of amides is 2. The predicted octanol–water partition coefficient (Wildman–Crippen LogP) is 4.45. The third-order valence-corrected chi connectivity index (χ3v) is 6.02. The molecule has 2 aromatic heterocycles. The van der Waals surface area contributed by atoms with Gasteiger partial charge in [-0.25, -0.2) is 4.79 Å². The molecular formula is C20H24N4OS. The number of aromatic amines is 1. The Balaban J connectivity index is 1.36. The SMILES string of the molecule is Cc1c[nH]c2ccc(NC(=O)N3CCN(C(C)c4ccsc4)CC3)cc12. The average Bonchev–Trinajstić information content (AvgIpc) is 3.32. The number of hydrogen-bond acceptors (Lipinski definition) is 3. The van der Waals surface area contributed by atoms with Crippen LogP contribution in [0.4, 0.5) is 10.5 Å². The maximum absolute atomic E-state index is 12.6. The number of thiophene rings is 1. The second-order valence-corrected chi connectivity index (χ2v) is 7.70. The summed E-state index contributed by atoms with van der Waals surface area (Å²) in [5.41, 5.74) is 4.49. The highest BCUT2D eigenvalue weighted by molar-refractivity contribution is 7.07. The van der Waals surface area contributed by atoms with Crippen molar-refractivity contribution < 1.29 is 4.79 Å². The van der Waals surface area contributed by atoms with Crippen LogP contribution in [0.15, 0.2) is 41.2 Å². The Morgan fingerprint density at radius 3 is 2.77 bits per heavy atom. The summed E-state index contributed by atoms with van der Waals surface area (Å²) < 4.78 is 0. The van der Waals surface area contributed by atoms with Crippen LogP contribution in [-0.4, -0.2) is 47.0 Å². The Labute approximate surface area is 157 Å². The first kappa shape index (κ1) is 17.1. The molecule has 6 heteroatoms. The first-order valence-electron chi connectivity index (χ1n) is 9.01. The highest BCUT2D eigenvalue weighted by Gasteiger charge is 2.25. The number of nitrogens with one attached hydrogen (secondary N) is 2. The minimum absolute atomic E-state index is 0.0135. The summed E-state index contributed by atoms with van der Waals surface area (Å²) in [6.45, 7) is 7.63. The molecule has 1 atom stereocenters. The fourth-order valence-electron chi connectivity index (χ4n) is 3.58. The molecule has 1 aliphatic rings. The molecule has 1 aliphatic heterocycles. The average molecular weight is 369 g/mol. The van der Waals surface area contributed by atoms with Gasteiger partial charge < -0.3 is 15.2 Å². The predicted molar refractivity (Wildman–Crippen MR) is 108 cm³/mol. The molecule has 5 nitrogen and oxygen atoms in total. The van der Waals surface area contributed by atoms with Gasteiger partial charge in [0.15, 0.2) is 0 Å². The van der Waals surface area contributed by atoms with E-state index in [9.17, 15) is 4.79 Å². The van der Waals surface area contributed by atoms with E-state index in [2.05, 4.69) is 45.9 Å². The molecule has 2 amide bonds. The normalized spacial score (nSPS) is 16.8. The lowest BCUT2D eigenvalue weighted by atomic mass is 10.1. The molecule has 1 aromatic carbocycles. The number of carbonyl (C=O) groups excluding carboxylic acids is 1. The minimum atomic E-state index is -0.0135. The van der Waals surface area contributed by atoms with Crippen molar-refractivity contribution in [3.8, 4) is 0 Å². The number of benzene rings is 1. The van der Waals surface area contributed by atoms with Gasteiger partial charge in [-0.1, -0.05) is 0 Å². The largest absolute Gasteiger partial charge is 0.361 e. The fraction of sp³-hybridized carbons (Fsp3) is 0.350. The van der Waals surface area contributed by atoms with Crippen molar-refractivity contribution >= 4 is 34.0 Å². The van der Waals surface area contributed by atoms with Gasteiger partial charge >= 0.3 is 6.03 Å². The molecule has 2 N–H and O–H groups in total. The molecule has 0 saturated carbocycles. The molecule has 4 rings (SSSR count). The number of carbonyl (C=O) groups is 1. The van der Waals surface area contributed by atoms with E-state index in [0.29, 0.717) is 6.04 Å². The van der Waals surface area contributed by atoms with Crippen molar-refractivity contribution in [2.45, 2.75) is 19.9 Å². The van der Waals surface area contributed by atoms with Crippen molar-refractivity contribution in [3.05, 3.63) is 52.3 Å². The number of nitrogens with zero attached hydrogens (tertiary/aromatic N) is 2. The molecule has 3 heterocycles. The Morgan fingerprint density at radius 2 is 2.04 bits per heavy atom. The number of urea groups is 1. The van der Waals surface area contributed by atoms with E-state index in [1.54, 1.807) is 11.3 Å². The molecule has 0 radical (unpaired) electrons. The number of aryl methyl sites for hydroxylation is 1. The quantitative estimate of drug-likeness (QED) is 0.718. The topological polar surface area (TPSA) is 51.4 Å². The van der Waals surface area contributed by atoms with Crippen LogP contribution in [0.3, 0.4) is 0 Å². The van der Waals surface area contributed by atoms with Crippen molar-refractivity contribution in [2.24, 2.45) is 0 Å². The lowest BCUT2D eigenvalue weighted by molar-refractivity contribution is 0.119. The van der Waals surface area contributed by atoms with Crippen molar-refractivity contribution in [2.75, 3.05) is 31.5 Å². The molecule has 1 saturated heterocycles. The van der Waals surface area contributed by atoms with E-state index in [4.69, 9.17) is 0 Å². The maximum atomic E-state index is 12.6. The molecule has 0 aliphatic carbocycles. The highest BCUT2D eigenvalue weighted by Crippen LogP contribution is 2.24. The van der Waals surface area contributed by atoms with Gasteiger partial charge in [-0.05, 0) is 60.0 Å². The van der Waals surface area contributed by atoms with E-state index >= 15 is 0 Å². The zero-order valence-electron chi connectivity index (χ0n) is 15.2. The number of anilines is 1. The standard InChI is InChI=1S/C20H24N4OS/c1-14-12-21-19-4-3-17(11-18(14)19)22-20(25)24-8-6-23(7-9-24)15(2)16-5-10-26-13-16/h3-5,10-13,15,21H,6-9H2,1-2H3,(H,22,25). The summed E-state index contributed by atoms with van der Waals surface area (Å²) in [6, 6.07) is 8.58. The van der Waals surface area contributed by atoms with E-state index in [1.807, 2.05) is 29.3 Å². The van der Waals surface area contributed by atoms with Gasteiger partial charge in [0.25, 0.3) is 0 Å². The number of piperazine rings is 1. The number of hydrogen-bond donors (Lipinski definition) is 2. The first-order valence-corrected chi connectivity index (χ1v) is 9.96. The third kappa shape index (κ3) is 3.34. The second-order valence-electron chi connectivity index (χ2n) is 6.92. The van der Waals surface area contributed by atoms with Gasteiger partial charge in [0, 0.05) is 55.0 Å². The number of rotatable bonds is 3. The van der Waals surface area contributed by atoms with Crippen LogP contribution in [0.5, 0.6) is 0 Å². The molecule has 1 fully saturated rings. The van der Waals surface area contributed by atoms with Gasteiger partial charge in [-0.15, -0.1) is 0 Å². The van der Waals surface area contributed by atoms with Gasteiger partial charge in [0.2, 0.25) is 0 Å². The number of fused-ring (bicyclic) bond motifs is 1. The van der Waals surface area contributed by atoms with E-state index in [-0.39, 0.29) is 6.03 Å². The van der Waals surface area contributed by atoms with E-state index in [0.717, 1.165) is 42.8 Å². The monoisotopic (exact) mass is 368 g/mol. The van der Waals surface area contributed by atoms with E-state index < -0.39 is 0 Å². The minimum Gasteiger partial charge on any atom is -0.361 e. The van der Waals surface area contributed by atoms with Crippen LogP contribution in [0.2, 0.25) is 0 Å². The Bertz CT molecular complexity index is 894.